The fraction of sp³-hybridized carbons (Fsp3) is 0.514. The zero-order valence-electron chi connectivity index (χ0n) is 27.1. The molecule has 5 amide bonds. The normalized spacial score (nSPS) is 22.2. The summed E-state index contributed by atoms with van der Waals surface area (Å²) in [6.07, 6.45) is 1.54. The zero-order valence-corrected chi connectivity index (χ0v) is 27.1. The second-order valence-electron chi connectivity index (χ2n) is 14.4. The van der Waals surface area contributed by atoms with Gasteiger partial charge < -0.3 is 24.6 Å². The Bertz CT molecular complexity index is 1570. The number of nitrogens with zero attached hydrogens (tertiary/aromatic N) is 3. The second kappa shape index (κ2) is 11.4. The van der Waals surface area contributed by atoms with Gasteiger partial charge in [-0.1, -0.05) is 36.4 Å². The molecule has 2 aromatic carbocycles. The predicted molar refractivity (Wildman–Crippen MR) is 168 cm³/mol. The van der Waals surface area contributed by atoms with E-state index < -0.39 is 34.7 Å². The first-order valence-electron chi connectivity index (χ1n) is 16.0. The quantitative estimate of drug-likeness (QED) is 0.443. The highest BCUT2D eigenvalue weighted by molar-refractivity contribution is 6.06. The van der Waals surface area contributed by atoms with Gasteiger partial charge in [-0.25, -0.2) is 14.5 Å². The summed E-state index contributed by atoms with van der Waals surface area (Å²) in [6, 6.07) is 14.9. The summed E-state index contributed by atoms with van der Waals surface area (Å²) in [4.78, 5) is 70.3. The Morgan fingerprint density at radius 1 is 1.09 bits per heavy atom. The van der Waals surface area contributed by atoms with E-state index in [-0.39, 0.29) is 43.9 Å². The van der Waals surface area contributed by atoms with Crippen molar-refractivity contribution < 1.29 is 33.4 Å². The average molecular weight is 631 g/mol. The minimum atomic E-state index is -1.49. The lowest BCUT2D eigenvalue weighted by atomic mass is 9.81. The molecule has 0 aromatic heterocycles. The minimum absolute atomic E-state index is 0.0150. The first-order chi connectivity index (χ1) is 21.7. The molecule has 2 atom stereocenters. The number of amides is 5. The van der Waals surface area contributed by atoms with E-state index in [0.717, 1.165) is 28.9 Å². The SMILES string of the molecule is C[C@@H](C1CC1)N(Cc1ccccc1)C(=O)CN1C(=O)OC2(CCc3cc(NC(=O)C4(C)CN(C(=O)OC(C)(C)C)C4)ccc32)C1=O. The van der Waals surface area contributed by atoms with Gasteiger partial charge in [0.15, 0.2) is 0 Å². The van der Waals surface area contributed by atoms with E-state index in [1.165, 1.54) is 4.90 Å². The van der Waals surface area contributed by atoms with E-state index in [2.05, 4.69) is 5.32 Å². The van der Waals surface area contributed by atoms with E-state index in [1.807, 2.05) is 37.3 Å². The van der Waals surface area contributed by atoms with E-state index in [4.69, 9.17) is 9.47 Å². The van der Waals surface area contributed by atoms with Crippen LogP contribution in [0.15, 0.2) is 48.5 Å². The lowest BCUT2D eigenvalue weighted by Gasteiger charge is -2.46. The second-order valence-corrected chi connectivity index (χ2v) is 14.4. The number of benzene rings is 2. The number of fused-ring (bicyclic) bond motifs is 2. The van der Waals surface area contributed by atoms with Crippen molar-refractivity contribution in [2.45, 2.75) is 84.1 Å². The molecule has 2 heterocycles. The Balaban J connectivity index is 1.12. The van der Waals surface area contributed by atoms with Gasteiger partial charge in [-0.2, -0.15) is 0 Å². The van der Waals surface area contributed by atoms with Crippen molar-refractivity contribution in [3.05, 3.63) is 65.2 Å². The molecular formula is C35H42N4O7. The van der Waals surface area contributed by atoms with Gasteiger partial charge in [0.25, 0.3) is 5.91 Å². The van der Waals surface area contributed by atoms with E-state index >= 15 is 0 Å². The van der Waals surface area contributed by atoms with Crippen LogP contribution in [0.25, 0.3) is 0 Å². The molecule has 2 aliphatic carbocycles. The maximum atomic E-state index is 13.8. The molecule has 1 unspecified atom stereocenters. The smallest absolute Gasteiger partial charge is 0.418 e. The fourth-order valence-corrected chi connectivity index (χ4v) is 6.71. The first-order valence-corrected chi connectivity index (χ1v) is 16.0. The van der Waals surface area contributed by atoms with Gasteiger partial charge >= 0.3 is 12.2 Å². The summed E-state index contributed by atoms with van der Waals surface area (Å²) in [5.41, 5.74) is 0.00165. The number of carbonyl (C=O) groups excluding carboxylic acids is 5. The molecular weight excluding hydrogens is 588 g/mol. The maximum absolute atomic E-state index is 13.8. The Hall–Kier alpha value is -4.41. The van der Waals surface area contributed by atoms with Crippen LogP contribution < -0.4 is 5.32 Å². The molecule has 3 fully saturated rings. The Morgan fingerprint density at radius 3 is 2.43 bits per heavy atom. The molecule has 1 spiro atoms. The molecule has 2 aliphatic heterocycles. The number of ether oxygens (including phenoxy) is 2. The average Bonchev–Trinajstić information content (AvgIpc) is 3.73. The third-order valence-corrected chi connectivity index (χ3v) is 9.50. The molecule has 1 saturated carbocycles. The number of hydrogen-bond acceptors (Lipinski definition) is 7. The summed E-state index contributed by atoms with van der Waals surface area (Å²) in [5, 5.41) is 2.94. The van der Waals surface area contributed by atoms with E-state index in [9.17, 15) is 24.0 Å². The van der Waals surface area contributed by atoms with Crippen molar-refractivity contribution >= 4 is 35.6 Å². The molecule has 244 valence electrons. The number of likely N-dealkylation sites (tertiary alicyclic amines) is 1. The maximum Gasteiger partial charge on any atom is 0.418 e. The highest BCUT2D eigenvalue weighted by atomic mass is 16.6. The van der Waals surface area contributed by atoms with E-state index in [1.54, 1.807) is 50.8 Å². The molecule has 4 aliphatic rings. The molecule has 2 aromatic rings. The van der Waals surface area contributed by atoms with Crippen LogP contribution in [0.3, 0.4) is 0 Å². The summed E-state index contributed by atoms with van der Waals surface area (Å²) < 4.78 is 11.2. The molecule has 11 nitrogen and oxygen atoms in total. The van der Waals surface area contributed by atoms with Gasteiger partial charge in [0.2, 0.25) is 17.4 Å². The van der Waals surface area contributed by atoms with Crippen molar-refractivity contribution in [2.75, 3.05) is 25.0 Å². The largest absolute Gasteiger partial charge is 0.444 e. The van der Waals surface area contributed by atoms with Crippen LogP contribution in [-0.4, -0.2) is 75.9 Å². The zero-order chi connectivity index (χ0) is 33.0. The Labute approximate surface area is 269 Å². The van der Waals surface area contributed by atoms with Gasteiger partial charge in [0.1, 0.15) is 12.1 Å². The molecule has 2 saturated heterocycles. The summed E-state index contributed by atoms with van der Waals surface area (Å²) in [7, 11) is 0. The summed E-state index contributed by atoms with van der Waals surface area (Å²) in [6.45, 7) is 9.70. The Kier molecular flexibility index (Phi) is 7.85. The van der Waals surface area contributed by atoms with Crippen molar-refractivity contribution in [1.82, 2.24) is 14.7 Å². The van der Waals surface area contributed by atoms with Crippen molar-refractivity contribution in [3.8, 4) is 0 Å². The van der Waals surface area contributed by atoms with Crippen LogP contribution in [-0.2, 0) is 42.4 Å². The predicted octanol–water partition coefficient (Wildman–Crippen LogP) is 4.83. The standard InChI is InChI=1S/C35H42N4O7/c1-22(24-11-12-24)38(18-23-9-7-6-8-10-23)28(40)19-39-30(42)35(46-32(39)44)16-15-25-17-26(13-14-27(25)35)36-29(41)34(5)20-37(21-34)31(43)45-33(2,3)4/h6-10,13-14,17,22,24H,11-12,15-16,18-21H2,1-5H3,(H,36,41)/t22-,35?/m0/s1. The van der Waals surface area contributed by atoms with Crippen LogP contribution in [0, 0.1) is 11.3 Å². The summed E-state index contributed by atoms with van der Waals surface area (Å²) in [5.74, 6) is -0.651. The highest BCUT2D eigenvalue weighted by Gasteiger charge is 2.58. The molecule has 46 heavy (non-hydrogen) atoms. The Morgan fingerprint density at radius 2 is 1.78 bits per heavy atom. The number of aryl methyl sites for hydroxylation is 1. The number of carbonyl (C=O) groups is 5. The molecule has 6 rings (SSSR count). The van der Waals surface area contributed by atoms with Crippen molar-refractivity contribution in [3.63, 3.8) is 0 Å². The monoisotopic (exact) mass is 630 g/mol. The summed E-state index contributed by atoms with van der Waals surface area (Å²) >= 11 is 0. The van der Waals surface area contributed by atoms with E-state index in [0.29, 0.717) is 30.1 Å². The topological polar surface area (TPSA) is 126 Å². The van der Waals surface area contributed by atoms with Crippen LogP contribution in [0.5, 0.6) is 0 Å². The van der Waals surface area contributed by atoms with Gasteiger partial charge in [-0.15, -0.1) is 0 Å². The number of anilines is 1. The highest BCUT2D eigenvalue weighted by Crippen LogP contribution is 2.46. The lowest BCUT2D eigenvalue weighted by molar-refractivity contribution is -0.143. The van der Waals surface area contributed by atoms with Gasteiger partial charge in [0.05, 0.1) is 5.41 Å². The van der Waals surface area contributed by atoms with Crippen LogP contribution in [0.2, 0.25) is 0 Å². The molecule has 11 heteroatoms. The van der Waals surface area contributed by atoms with Gasteiger partial charge in [0, 0.05) is 43.3 Å². The number of hydrogen-bond donors (Lipinski definition) is 1. The number of rotatable bonds is 8. The van der Waals surface area contributed by atoms with Crippen LogP contribution in [0.1, 0.15) is 70.6 Å². The fourth-order valence-electron chi connectivity index (χ4n) is 6.71. The van der Waals surface area contributed by atoms with Crippen LogP contribution in [0.4, 0.5) is 15.3 Å². The van der Waals surface area contributed by atoms with Gasteiger partial charge in [-0.05, 0) is 83.1 Å². The first kappa shape index (κ1) is 31.6. The number of imide groups is 1. The number of nitrogens with one attached hydrogen (secondary N) is 1. The minimum Gasteiger partial charge on any atom is -0.444 e. The van der Waals surface area contributed by atoms with Crippen LogP contribution >= 0.6 is 0 Å². The lowest BCUT2D eigenvalue weighted by Crippen LogP contribution is -2.62. The van der Waals surface area contributed by atoms with Crippen molar-refractivity contribution in [1.29, 1.82) is 0 Å². The van der Waals surface area contributed by atoms with Crippen molar-refractivity contribution in [2.24, 2.45) is 11.3 Å². The molecule has 0 radical (unpaired) electrons. The van der Waals surface area contributed by atoms with Gasteiger partial charge in [-0.3, -0.25) is 14.4 Å². The third kappa shape index (κ3) is 5.94. The molecule has 1 N–H and O–H groups in total. The molecule has 0 bridgehead atoms. The third-order valence-electron chi connectivity index (χ3n) is 9.50.